The summed E-state index contributed by atoms with van der Waals surface area (Å²) in [7, 11) is 4.02. The monoisotopic (exact) mass is 237 g/mol. The summed E-state index contributed by atoms with van der Waals surface area (Å²) in [6.45, 7) is 6.41. The topological polar surface area (TPSA) is 30.7 Å². The lowest BCUT2D eigenvalue weighted by Gasteiger charge is -2.07. The minimum Gasteiger partial charge on any atom is -1.00 e. The van der Waals surface area contributed by atoms with Crippen LogP contribution in [0, 0.1) is 0 Å². The van der Waals surface area contributed by atoms with Gasteiger partial charge in [-0.1, -0.05) is 6.58 Å². The third kappa shape index (κ3) is 7.75. The molecule has 0 heterocycles. The Morgan fingerprint density at radius 1 is 1.50 bits per heavy atom. The van der Waals surface area contributed by atoms with Crippen LogP contribution >= 0.6 is 0 Å². The number of ether oxygens (including phenoxy) is 1. The number of likely N-dealkylation sites (N-methyl/N-ethyl adjacent to an activating group) is 1. The molecule has 0 unspecified atom stereocenters. The van der Waals surface area contributed by atoms with Crippen molar-refractivity contribution in [3.63, 3.8) is 0 Å². The predicted octanol–water partition coefficient (Wildman–Crippen LogP) is -3.75. The van der Waals surface area contributed by atoms with Crippen LogP contribution in [-0.4, -0.2) is 33.2 Å². The van der Waals surface area contributed by atoms with E-state index in [1.807, 2.05) is 14.1 Å². The molecule has 0 aromatic carbocycles. The Balaban J connectivity index is 0. The molecule has 0 saturated heterocycles. The smallest absolute Gasteiger partial charge is 0.333 e. The fourth-order valence-electron chi connectivity index (χ4n) is 0.471. The van der Waals surface area contributed by atoms with Crippen molar-refractivity contribution in [3.8, 4) is 0 Å². The fraction of sp³-hybridized carbons (Fsp3) is 0.625. The van der Waals surface area contributed by atoms with Gasteiger partial charge in [-0.05, 0) is 6.92 Å². The standard InChI is InChI=1S/C8H15NO2.BrH/c1-7(2)8(10)11-6-5-9(3)4;/h1,5-6H2,2-4H3;1H. The van der Waals surface area contributed by atoms with E-state index in [0.29, 0.717) is 12.2 Å². The number of carbonyl (C=O) groups is 1. The van der Waals surface area contributed by atoms with Crippen LogP contribution < -0.4 is 21.9 Å². The zero-order chi connectivity index (χ0) is 8.85. The van der Waals surface area contributed by atoms with Gasteiger partial charge in [-0.3, -0.25) is 0 Å². The SMILES string of the molecule is C=C(C)C(=O)OCC[NH+](C)C.[Br-]. The molecule has 0 aromatic rings. The molecule has 3 nitrogen and oxygen atoms in total. The molecule has 0 rings (SSSR count). The van der Waals surface area contributed by atoms with E-state index in [1.54, 1.807) is 6.92 Å². The Morgan fingerprint density at radius 3 is 2.33 bits per heavy atom. The van der Waals surface area contributed by atoms with Crippen molar-refractivity contribution in [1.82, 2.24) is 0 Å². The van der Waals surface area contributed by atoms with Crippen molar-refractivity contribution in [2.75, 3.05) is 27.2 Å². The molecule has 0 atom stereocenters. The number of esters is 1. The van der Waals surface area contributed by atoms with Crippen LogP contribution in [0.25, 0.3) is 0 Å². The summed E-state index contributed by atoms with van der Waals surface area (Å²) in [5, 5.41) is 0. The highest BCUT2D eigenvalue weighted by molar-refractivity contribution is 5.86. The van der Waals surface area contributed by atoms with E-state index >= 15 is 0 Å². The molecule has 0 bridgehead atoms. The van der Waals surface area contributed by atoms with Gasteiger partial charge in [0, 0.05) is 5.57 Å². The third-order valence-corrected chi connectivity index (χ3v) is 1.18. The number of nitrogens with one attached hydrogen (secondary N) is 1. The lowest BCUT2D eigenvalue weighted by Crippen LogP contribution is -3.06. The molecule has 0 saturated carbocycles. The normalized spacial score (nSPS) is 9.00. The van der Waals surface area contributed by atoms with Gasteiger partial charge >= 0.3 is 5.97 Å². The highest BCUT2D eigenvalue weighted by Gasteiger charge is 2.02. The van der Waals surface area contributed by atoms with Crippen molar-refractivity contribution < 1.29 is 31.4 Å². The lowest BCUT2D eigenvalue weighted by atomic mass is 10.4. The zero-order valence-corrected chi connectivity index (χ0v) is 9.40. The molecule has 4 heteroatoms. The van der Waals surface area contributed by atoms with Crippen LogP contribution in [0.3, 0.4) is 0 Å². The van der Waals surface area contributed by atoms with E-state index in [2.05, 4.69) is 6.58 Å². The summed E-state index contributed by atoms with van der Waals surface area (Å²) >= 11 is 0. The van der Waals surface area contributed by atoms with Gasteiger partial charge < -0.3 is 26.6 Å². The van der Waals surface area contributed by atoms with Crippen molar-refractivity contribution in [2.45, 2.75) is 6.92 Å². The highest BCUT2D eigenvalue weighted by atomic mass is 79.9. The molecule has 12 heavy (non-hydrogen) atoms. The number of hydrogen-bond donors (Lipinski definition) is 1. The van der Waals surface area contributed by atoms with Gasteiger partial charge in [0.25, 0.3) is 0 Å². The van der Waals surface area contributed by atoms with Crippen LogP contribution in [0.4, 0.5) is 0 Å². The van der Waals surface area contributed by atoms with Gasteiger partial charge in [-0.25, -0.2) is 4.79 Å². The van der Waals surface area contributed by atoms with E-state index < -0.39 is 0 Å². The average Bonchev–Trinajstić information content (AvgIpc) is 1.86. The first kappa shape index (κ1) is 14.2. The zero-order valence-electron chi connectivity index (χ0n) is 7.82. The molecule has 0 radical (unpaired) electrons. The molecule has 0 aromatic heterocycles. The molecule has 72 valence electrons. The predicted molar refractivity (Wildman–Crippen MR) is 43.5 cm³/mol. The molecular weight excluding hydrogens is 222 g/mol. The summed E-state index contributed by atoms with van der Waals surface area (Å²) in [4.78, 5) is 12.1. The number of quaternary nitrogens is 1. The summed E-state index contributed by atoms with van der Waals surface area (Å²) in [5.41, 5.74) is 0.457. The van der Waals surface area contributed by atoms with Crippen molar-refractivity contribution in [1.29, 1.82) is 0 Å². The van der Waals surface area contributed by atoms with E-state index in [0.717, 1.165) is 6.54 Å². The number of halogens is 1. The van der Waals surface area contributed by atoms with Crippen LogP contribution in [0.1, 0.15) is 6.92 Å². The van der Waals surface area contributed by atoms with Crippen LogP contribution in [0.2, 0.25) is 0 Å². The van der Waals surface area contributed by atoms with Crippen LogP contribution in [0.5, 0.6) is 0 Å². The van der Waals surface area contributed by atoms with Gasteiger partial charge in [-0.15, -0.1) is 0 Å². The van der Waals surface area contributed by atoms with E-state index in [4.69, 9.17) is 4.74 Å². The Morgan fingerprint density at radius 2 is 2.00 bits per heavy atom. The second-order valence-corrected chi connectivity index (χ2v) is 2.87. The lowest BCUT2D eigenvalue weighted by molar-refractivity contribution is -0.858. The first-order valence-electron chi connectivity index (χ1n) is 3.65. The maximum atomic E-state index is 10.8. The molecule has 0 aliphatic heterocycles. The molecule has 0 spiro atoms. The van der Waals surface area contributed by atoms with E-state index in [-0.39, 0.29) is 23.0 Å². The highest BCUT2D eigenvalue weighted by Crippen LogP contribution is 1.89. The van der Waals surface area contributed by atoms with Gasteiger partial charge in [0.15, 0.2) is 0 Å². The largest absolute Gasteiger partial charge is 1.00 e. The second-order valence-electron chi connectivity index (χ2n) is 2.87. The molecule has 0 aliphatic carbocycles. The first-order valence-corrected chi connectivity index (χ1v) is 3.65. The first-order chi connectivity index (χ1) is 5.04. The van der Waals surface area contributed by atoms with Gasteiger partial charge in [-0.2, -0.15) is 0 Å². The number of hydrogen-bond acceptors (Lipinski definition) is 2. The number of carbonyl (C=O) groups excluding carboxylic acids is 1. The minimum absolute atomic E-state index is 0. The Kier molecular flexibility index (Phi) is 8.64. The Hall–Kier alpha value is -0.350. The molecule has 0 fully saturated rings. The number of rotatable bonds is 4. The van der Waals surface area contributed by atoms with E-state index in [9.17, 15) is 4.79 Å². The van der Waals surface area contributed by atoms with Crippen molar-refractivity contribution in [2.24, 2.45) is 0 Å². The van der Waals surface area contributed by atoms with Crippen molar-refractivity contribution in [3.05, 3.63) is 12.2 Å². The molecular formula is C8H16BrNO2. The van der Waals surface area contributed by atoms with Gasteiger partial charge in [0.1, 0.15) is 13.2 Å². The van der Waals surface area contributed by atoms with E-state index in [1.165, 1.54) is 4.90 Å². The summed E-state index contributed by atoms with van der Waals surface area (Å²) in [6.07, 6.45) is 0. The van der Waals surface area contributed by atoms with Gasteiger partial charge in [0.2, 0.25) is 0 Å². The summed E-state index contributed by atoms with van der Waals surface area (Å²) < 4.78 is 4.85. The Bertz CT molecular complexity index is 157. The summed E-state index contributed by atoms with van der Waals surface area (Å²) in [5.74, 6) is -0.300. The van der Waals surface area contributed by atoms with Crippen LogP contribution in [0.15, 0.2) is 12.2 Å². The maximum absolute atomic E-state index is 10.8. The van der Waals surface area contributed by atoms with Crippen molar-refractivity contribution >= 4 is 5.97 Å². The third-order valence-electron chi connectivity index (χ3n) is 1.18. The quantitative estimate of drug-likeness (QED) is 0.403. The molecule has 0 amide bonds. The molecule has 1 N–H and O–H groups in total. The molecule has 0 aliphatic rings. The average molecular weight is 238 g/mol. The van der Waals surface area contributed by atoms with Gasteiger partial charge in [0.05, 0.1) is 14.1 Å². The second kappa shape index (κ2) is 7.31. The Labute approximate surface area is 84.2 Å². The van der Waals surface area contributed by atoms with Crippen LogP contribution in [-0.2, 0) is 9.53 Å². The minimum atomic E-state index is -0.300. The maximum Gasteiger partial charge on any atom is 0.333 e. The summed E-state index contributed by atoms with van der Waals surface area (Å²) in [6, 6.07) is 0. The fourth-order valence-corrected chi connectivity index (χ4v) is 0.471.